The molecule has 3 aromatic rings. The first-order valence-electron chi connectivity index (χ1n) is 10.6. The van der Waals surface area contributed by atoms with Crippen LogP contribution in [0.4, 0.5) is 4.39 Å². The lowest BCUT2D eigenvalue weighted by Crippen LogP contribution is -2.51. The Bertz CT molecular complexity index is 953. The largest absolute Gasteiger partial charge is 0.369 e. The van der Waals surface area contributed by atoms with Gasteiger partial charge in [0.05, 0.1) is 25.4 Å². The van der Waals surface area contributed by atoms with E-state index in [0.29, 0.717) is 13.2 Å². The van der Waals surface area contributed by atoms with Gasteiger partial charge in [0.15, 0.2) is 0 Å². The maximum atomic E-state index is 13.5. The second-order valence-corrected chi connectivity index (χ2v) is 8.19. The zero-order chi connectivity index (χ0) is 20.4. The molecule has 154 valence electrons. The van der Waals surface area contributed by atoms with Crippen LogP contribution in [0.2, 0.25) is 0 Å². The number of rotatable bonds is 4. The molecule has 0 saturated carbocycles. The minimum absolute atomic E-state index is 0.0719. The van der Waals surface area contributed by atoms with Gasteiger partial charge in [0.2, 0.25) is 0 Å². The zero-order valence-corrected chi connectivity index (χ0v) is 16.9. The summed E-state index contributed by atoms with van der Waals surface area (Å²) in [7, 11) is 0. The van der Waals surface area contributed by atoms with Crippen molar-refractivity contribution in [2.75, 3.05) is 13.2 Å². The first kappa shape index (κ1) is 19.4. The third-order valence-corrected chi connectivity index (χ3v) is 6.34. The Morgan fingerprint density at radius 1 is 0.867 bits per heavy atom. The van der Waals surface area contributed by atoms with Crippen LogP contribution in [-0.4, -0.2) is 23.8 Å². The molecule has 30 heavy (non-hydrogen) atoms. The minimum Gasteiger partial charge on any atom is -0.369 e. The summed E-state index contributed by atoms with van der Waals surface area (Å²) >= 11 is 0. The highest BCUT2D eigenvalue weighted by Crippen LogP contribution is 2.45. The van der Waals surface area contributed by atoms with Gasteiger partial charge < -0.3 is 9.47 Å². The van der Waals surface area contributed by atoms with E-state index in [0.717, 1.165) is 24.9 Å². The van der Waals surface area contributed by atoms with Crippen molar-refractivity contribution in [2.24, 2.45) is 0 Å². The molecule has 2 fully saturated rings. The lowest BCUT2D eigenvalue weighted by atomic mass is 9.94. The Hall–Kier alpha value is -2.53. The summed E-state index contributed by atoms with van der Waals surface area (Å²) in [5.74, 6) is -0.214. The van der Waals surface area contributed by atoms with Crippen molar-refractivity contribution in [1.82, 2.24) is 4.90 Å². The van der Waals surface area contributed by atoms with Gasteiger partial charge in [-0.2, -0.15) is 0 Å². The first-order chi connectivity index (χ1) is 14.7. The number of halogens is 1. The predicted octanol–water partition coefficient (Wildman–Crippen LogP) is 5.65. The summed E-state index contributed by atoms with van der Waals surface area (Å²) in [6, 6.07) is 27.7. The number of hydrogen-bond donors (Lipinski definition) is 0. The number of ether oxygens (including phenoxy) is 2. The van der Waals surface area contributed by atoms with E-state index < -0.39 is 5.72 Å². The maximum absolute atomic E-state index is 13.5. The van der Waals surface area contributed by atoms with Gasteiger partial charge in [-0.1, -0.05) is 72.8 Å². The van der Waals surface area contributed by atoms with E-state index in [1.165, 1.54) is 23.3 Å². The van der Waals surface area contributed by atoms with Crippen molar-refractivity contribution in [3.05, 3.63) is 107 Å². The molecule has 0 radical (unpaired) electrons. The van der Waals surface area contributed by atoms with E-state index in [-0.39, 0.29) is 18.0 Å². The standard InChI is InChI=1S/C26H26FNO2/c27-23-13-11-21(12-14-23)24-18-30-26(28(24)17-20-7-3-1-4-8-20)16-15-25(29-19-26)22-9-5-2-6-10-22/h1-14,24-25H,15-19H2/t24-,25+,26?/m1/s1. The lowest BCUT2D eigenvalue weighted by Gasteiger charge is -2.43. The highest BCUT2D eigenvalue weighted by atomic mass is 19.1. The van der Waals surface area contributed by atoms with Crippen LogP contribution in [-0.2, 0) is 16.0 Å². The summed E-state index contributed by atoms with van der Waals surface area (Å²) in [6.07, 6.45) is 1.91. The highest BCUT2D eigenvalue weighted by molar-refractivity contribution is 5.24. The summed E-state index contributed by atoms with van der Waals surface area (Å²) in [5.41, 5.74) is 3.07. The fourth-order valence-electron chi connectivity index (χ4n) is 4.70. The van der Waals surface area contributed by atoms with E-state index >= 15 is 0 Å². The van der Waals surface area contributed by atoms with Crippen molar-refractivity contribution >= 4 is 0 Å². The molecule has 2 aliphatic heterocycles. The molecule has 0 aliphatic carbocycles. The fourth-order valence-corrected chi connectivity index (χ4v) is 4.70. The number of nitrogens with zero attached hydrogens (tertiary/aromatic N) is 1. The summed E-state index contributed by atoms with van der Waals surface area (Å²) in [6.45, 7) is 1.87. The molecule has 0 aromatic heterocycles. The summed E-state index contributed by atoms with van der Waals surface area (Å²) < 4.78 is 26.3. The summed E-state index contributed by atoms with van der Waals surface area (Å²) in [5, 5.41) is 0. The second kappa shape index (κ2) is 8.31. The average Bonchev–Trinajstić information content (AvgIpc) is 3.13. The molecule has 1 spiro atoms. The maximum Gasteiger partial charge on any atom is 0.146 e. The average molecular weight is 403 g/mol. The summed E-state index contributed by atoms with van der Waals surface area (Å²) in [4.78, 5) is 2.41. The molecule has 3 atom stereocenters. The quantitative estimate of drug-likeness (QED) is 0.562. The van der Waals surface area contributed by atoms with Gasteiger partial charge in [-0.25, -0.2) is 4.39 Å². The fraction of sp³-hybridized carbons (Fsp3) is 0.308. The molecule has 2 saturated heterocycles. The lowest BCUT2D eigenvalue weighted by molar-refractivity contribution is -0.188. The van der Waals surface area contributed by atoms with Gasteiger partial charge in [0, 0.05) is 6.54 Å². The van der Waals surface area contributed by atoms with Crippen molar-refractivity contribution in [3.8, 4) is 0 Å². The third kappa shape index (κ3) is 3.79. The molecule has 2 aliphatic rings. The SMILES string of the molecule is Fc1ccc([C@H]2COC3(CC[C@@H](c4ccccc4)OC3)N2Cc2ccccc2)cc1. The Kier molecular flexibility index (Phi) is 5.38. The van der Waals surface area contributed by atoms with Gasteiger partial charge in [-0.05, 0) is 41.7 Å². The van der Waals surface area contributed by atoms with Gasteiger partial charge in [0.25, 0.3) is 0 Å². The molecule has 0 amide bonds. The molecule has 3 nitrogen and oxygen atoms in total. The van der Waals surface area contributed by atoms with Crippen molar-refractivity contribution in [2.45, 2.75) is 37.3 Å². The van der Waals surface area contributed by atoms with Crippen molar-refractivity contribution in [3.63, 3.8) is 0 Å². The monoisotopic (exact) mass is 403 g/mol. The van der Waals surface area contributed by atoms with E-state index in [1.54, 1.807) is 0 Å². The van der Waals surface area contributed by atoms with Crippen LogP contribution in [0, 0.1) is 5.82 Å². The first-order valence-corrected chi connectivity index (χ1v) is 10.6. The Balaban J connectivity index is 1.41. The molecule has 5 rings (SSSR count). The normalized spacial score (nSPS) is 26.8. The molecule has 0 N–H and O–H groups in total. The molecule has 3 aromatic carbocycles. The number of benzene rings is 3. The van der Waals surface area contributed by atoms with Crippen molar-refractivity contribution in [1.29, 1.82) is 0 Å². The van der Waals surface area contributed by atoms with Crippen LogP contribution in [0.1, 0.15) is 41.7 Å². The minimum atomic E-state index is -0.458. The second-order valence-electron chi connectivity index (χ2n) is 8.19. The van der Waals surface area contributed by atoms with E-state index in [9.17, 15) is 4.39 Å². The predicted molar refractivity (Wildman–Crippen MR) is 114 cm³/mol. The van der Waals surface area contributed by atoms with Crippen LogP contribution in [0.15, 0.2) is 84.9 Å². The van der Waals surface area contributed by atoms with Crippen LogP contribution < -0.4 is 0 Å². The van der Waals surface area contributed by atoms with E-state index in [4.69, 9.17) is 9.47 Å². The molecule has 1 unspecified atom stereocenters. The molecular weight excluding hydrogens is 377 g/mol. The van der Waals surface area contributed by atoms with Crippen LogP contribution >= 0.6 is 0 Å². The third-order valence-electron chi connectivity index (χ3n) is 6.34. The highest BCUT2D eigenvalue weighted by Gasteiger charge is 2.50. The number of hydrogen-bond acceptors (Lipinski definition) is 3. The van der Waals surface area contributed by atoms with Gasteiger partial charge in [-0.15, -0.1) is 0 Å². The van der Waals surface area contributed by atoms with E-state index in [2.05, 4.69) is 53.4 Å². The van der Waals surface area contributed by atoms with Gasteiger partial charge in [0.1, 0.15) is 11.5 Å². The van der Waals surface area contributed by atoms with Gasteiger partial charge in [-0.3, -0.25) is 4.90 Å². The van der Waals surface area contributed by atoms with E-state index in [1.807, 2.05) is 24.3 Å². The Morgan fingerprint density at radius 2 is 1.57 bits per heavy atom. The molecule has 0 bridgehead atoms. The Morgan fingerprint density at radius 3 is 2.23 bits per heavy atom. The zero-order valence-electron chi connectivity index (χ0n) is 16.9. The Labute approximate surface area is 177 Å². The molecule has 2 heterocycles. The topological polar surface area (TPSA) is 21.7 Å². The van der Waals surface area contributed by atoms with Crippen molar-refractivity contribution < 1.29 is 13.9 Å². The van der Waals surface area contributed by atoms with Crippen LogP contribution in [0.5, 0.6) is 0 Å². The molecule has 4 heteroatoms. The molecular formula is C26H26FNO2. The van der Waals surface area contributed by atoms with Crippen LogP contribution in [0.3, 0.4) is 0 Å². The van der Waals surface area contributed by atoms with Crippen LogP contribution in [0.25, 0.3) is 0 Å². The van der Waals surface area contributed by atoms with Gasteiger partial charge >= 0.3 is 0 Å². The smallest absolute Gasteiger partial charge is 0.146 e.